The Morgan fingerprint density at radius 3 is 2.93 bits per heavy atom. The van der Waals surface area contributed by atoms with Crippen molar-refractivity contribution in [2.75, 3.05) is 6.54 Å². The topological polar surface area (TPSA) is 27.1 Å². The van der Waals surface area contributed by atoms with E-state index in [0.29, 0.717) is 5.84 Å². The van der Waals surface area contributed by atoms with Crippen LogP contribution in [-0.4, -0.2) is 17.3 Å². The van der Waals surface area contributed by atoms with Gasteiger partial charge in [0.25, 0.3) is 0 Å². The van der Waals surface area contributed by atoms with Gasteiger partial charge >= 0.3 is 0 Å². The van der Waals surface area contributed by atoms with Gasteiger partial charge in [-0.2, -0.15) is 0 Å². The Morgan fingerprint density at radius 1 is 1.43 bits per heavy atom. The Morgan fingerprint density at radius 2 is 2.21 bits per heavy atom. The van der Waals surface area contributed by atoms with Crippen LogP contribution in [0.4, 0.5) is 0 Å². The van der Waals surface area contributed by atoms with Gasteiger partial charge in [0.15, 0.2) is 0 Å². The van der Waals surface area contributed by atoms with Gasteiger partial charge in [0, 0.05) is 18.7 Å². The fraction of sp³-hybridized carbons (Fsp3) is 0.250. The van der Waals surface area contributed by atoms with Crippen LogP contribution in [0, 0.1) is 5.41 Å². The van der Waals surface area contributed by atoms with Gasteiger partial charge in [0.1, 0.15) is 5.84 Å². The number of hydrogen-bond donors (Lipinski definition) is 1. The van der Waals surface area contributed by atoms with Gasteiger partial charge in [0.05, 0.1) is 0 Å². The van der Waals surface area contributed by atoms with Gasteiger partial charge in [-0.15, -0.1) is 0 Å². The van der Waals surface area contributed by atoms with Crippen LogP contribution >= 0.6 is 0 Å². The van der Waals surface area contributed by atoms with Crippen molar-refractivity contribution in [3.8, 4) is 0 Å². The number of nitrogens with zero attached hydrogens (tertiary/aromatic N) is 1. The summed E-state index contributed by atoms with van der Waals surface area (Å²) in [6.45, 7) is 3.72. The van der Waals surface area contributed by atoms with E-state index < -0.39 is 0 Å². The second kappa shape index (κ2) is 3.66. The maximum atomic E-state index is 7.96. The van der Waals surface area contributed by atoms with Crippen LogP contribution in [0.5, 0.6) is 0 Å². The van der Waals surface area contributed by atoms with Crippen LogP contribution in [0.25, 0.3) is 0 Å². The van der Waals surface area contributed by atoms with Gasteiger partial charge in [-0.25, -0.2) is 0 Å². The van der Waals surface area contributed by atoms with Gasteiger partial charge in [-0.1, -0.05) is 36.4 Å². The summed E-state index contributed by atoms with van der Waals surface area (Å²) in [6.07, 6.45) is 4.11. The fourth-order valence-electron chi connectivity index (χ4n) is 1.73. The summed E-state index contributed by atoms with van der Waals surface area (Å²) in [4.78, 5) is 2.07. The quantitative estimate of drug-likeness (QED) is 0.705. The van der Waals surface area contributed by atoms with Crippen LogP contribution < -0.4 is 0 Å². The maximum Gasteiger partial charge on any atom is 0.128 e. The zero-order chi connectivity index (χ0) is 9.97. The third-order valence-electron chi connectivity index (χ3n) is 2.51. The minimum absolute atomic E-state index is 0.652. The van der Waals surface area contributed by atoms with Crippen molar-refractivity contribution in [1.82, 2.24) is 4.90 Å². The first-order valence-corrected chi connectivity index (χ1v) is 4.86. The zero-order valence-corrected chi connectivity index (χ0v) is 8.33. The average molecular weight is 186 g/mol. The Balaban J connectivity index is 2.21. The Kier molecular flexibility index (Phi) is 2.35. The smallest absolute Gasteiger partial charge is 0.128 e. The lowest BCUT2D eigenvalue weighted by molar-refractivity contribution is 0.474. The molecule has 0 amide bonds. The zero-order valence-electron chi connectivity index (χ0n) is 8.33. The Hall–Kier alpha value is -1.57. The molecule has 0 spiro atoms. The predicted molar refractivity (Wildman–Crippen MR) is 58.5 cm³/mol. The Bertz CT molecular complexity index is 380. The summed E-state index contributed by atoms with van der Waals surface area (Å²) in [6, 6.07) is 8.14. The molecule has 1 aromatic rings. The molecule has 0 bridgehead atoms. The van der Waals surface area contributed by atoms with Crippen LogP contribution in [-0.2, 0) is 6.54 Å². The van der Waals surface area contributed by atoms with Gasteiger partial charge in [-0.3, -0.25) is 5.41 Å². The van der Waals surface area contributed by atoms with E-state index in [0.717, 1.165) is 18.7 Å². The van der Waals surface area contributed by atoms with Crippen LogP contribution in [0.3, 0.4) is 0 Å². The van der Waals surface area contributed by atoms with Crippen molar-refractivity contribution < 1.29 is 0 Å². The normalized spacial score (nSPS) is 15.2. The van der Waals surface area contributed by atoms with Crippen LogP contribution in [0.2, 0.25) is 0 Å². The molecule has 2 rings (SSSR count). The molecule has 0 saturated carbocycles. The first-order valence-electron chi connectivity index (χ1n) is 4.86. The van der Waals surface area contributed by atoms with E-state index in [-0.39, 0.29) is 0 Å². The summed E-state index contributed by atoms with van der Waals surface area (Å²) in [7, 11) is 0. The number of amidine groups is 1. The number of benzene rings is 1. The van der Waals surface area contributed by atoms with E-state index in [1.165, 1.54) is 5.56 Å². The minimum Gasteiger partial charge on any atom is -0.349 e. The molecular formula is C12H14N2. The van der Waals surface area contributed by atoms with E-state index in [4.69, 9.17) is 5.41 Å². The molecule has 0 saturated heterocycles. The van der Waals surface area contributed by atoms with Crippen LogP contribution in [0.1, 0.15) is 18.1 Å². The number of nitrogens with one attached hydrogen (secondary N) is 1. The average Bonchev–Trinajstić information content (AvgIpc) is 2.54. The van der Waals surface area contributed by atoms with E-state index in [1.54, 1.807) is 0 Å². The molecule has 1 heterocycles. The lowest BCUT2D eigenvalue weighted by Crippen LogP contribution is -2.23. The molecule has 2 nitrogen and oxygen atoms in total. The molecule has 0 aliphatic carbocycles. The summed E-state index contributed by atoms with van der Waals surface area (Å²) in [5.41, 5.74) is 2.35. The third-order valence-corrected chi connectivity index (χ3v) is 2.51. The summed E-state index contributed by atoms with van der Waals surface area (Å²) >= 11 is 0. The third kappa shape index (κ3) is 1.43. The summed E-state index contributed by atoms with van der Waals surface area (Å²) in [5.74, 6) is 0.652. The molecule has 0 radical (unpaired) electrons. The highest BCUT2D eigenvalue weighted by Crippen LogP contribution is 2.21. The number of hydrogen-bond acceptors (Lipinski definition) is 1. The lowest BCUT2D eigenvalue weighted by atomic mass is 10.1. The number of allylic oxidation sites excluding steroid dienone is 1. The summed E-state index contributed by atoms with van der Waals surface area (Å²) < 4.78 is 0. The monoisotopic (exact) mass is 186 g/mol. The minimum atomic E-state index is 0.652. The predicted octanol–water partition coefficient (Wildman–Crippen LogP) is 2.40. The molecule has 0 fully saturated rings. The molecule has 1 aliphatic heterocycles. The molecule has 72 valence electrons. The van der Waals surface area contributed by atoms with Crippen molar-refractivity contribution in [3.05, 3.63) is 47.5 Å². The van der Waals surface area contributed by atoms with E-state index in [1.807, 2.05) is 31.2 Å². The number of rotatable bonds is 2. The molecule has 2 heteroatoms. The molecule has 1 N–H and O–H groups in total. The molecule has 0 aromatic heterocycles. The molecule has 0 unspecified atom stereocenters. The van der Waals surface area contributed by atoms with Gasteiger partial charge in [-0.05, 0) is 12.5 Å². The van der Waals surface area contributed by atoms with E-state index in [2.05, 4.69) is 17.0 Å². The van der Waals surface area contributed by atoms with Gasteiger partial charge in [0.2, 0.25) is 0 Å². The first-order chi connectivity index (χ1) is 6.83. The number of fused-ring (bicyclic) bond motifs is 1. The van der Waals surface area contributed by atoms with Crippen molar-refractivity contribution in [2.24, 2.45) is 0 Å². The molecule has 14 heavy (non-hydrogen) atoms. The second-order valence-corrected chi connectivity index (χ2v) is 3.46. The molecule has 1 aliphatic rings. The molecule has 1 aromatic carbocycles. The maximum absolute atomic E-state index is 7.96. The highest BCUT2D eigenvalue weighted by atomic mass is 15.2. The largest absolute Gasteiger partial charge is 0.349 e. The highest BCUT2D eigenvalue weighted by Gasteiger charge is 2.21. The standard InChI is InChI=1S/C12H14N2/c1-2-3-8-14-9-10-6-4-5-7-11(10)12(14)13/h2-7,13H,8-9H2,1H3. The second-order valence-electron chi connectivity index (χ2n) is 3.46. The van der Waals surface area contributed by atoms with Crippen molar-refractivity contribution >= 4 is 5.84 Å². The SMILES string of the molecule is CC=CCN1Cc2ccccc2C1=N. The van der Waals surface area contributed by atoms with Crippen molar-refractivity contribution in [2.45, 2.75) is 13.5 Å². The lowest BCUT2D eigenvalue weighted by Gasteiger charge is -2.14. The Labute approximate surface area is 84.4 Å². The van der Waals surface area contributed by atoms with E-state index >= 15 is 0 Å². The van der Waals surface area contributed by atoms with E-state index in [9.17, 15) is 0 Å². The van der Waals surface area contributed by atoms with Crippen LogP contribution in [0.15, 0.2) is 36.4 Å². The summed E-state index contributed by atoms with van der Waals surface area (Å²) in [5, 5.41) is 7.96. The molecular weight excluding hydrogens is 172 g/mol. The molecule has 0 atom stereocenters. The highest BCUT2D eigenvalue weighted by molar-refractivity contribution is 6.00. The van der Waals surface area contributed by atoms with Crippen molar-refractivity contribution in [3.63, 3.8) is 0 Å². The van der Waals surface area contributed by atoms with Gasteiger partial charge < -0.3 is 4.90 Å². The van der Waals surface area contributed by atoms with Crippen molar-refractivity contribution in [1.29, 1.82) is 5.41 Å². The first kappa shape index (κ1) is 9.00. The fourth-order valence-corrected chi connectivity index (χ4v) is 1.73.